The maximum absolute atomic E-state index is 13.5. The largest absolute Gasteiger partial charge is 0.291 e. The van der Waals surface area contributed by atoms with E-state index < -0.39 is 0 Å². The van der Waals surface area contributed by atoms with E-state index in [0.29, 0.717) is 27.8 Å². The molecule has 1 atom stereocenters. The van der Waals surface area contributed by atoms with Crippen molar-refractivity contribution in [1.82, 2.24) is 4.98 Å². The molecule has 27 heavy (non-hydrogen) atoms. The number of thiazole rings is 1. The molecular formula is C21H20ClFN2OS. The highest BCUT2D eigenvalue weighted by Gasteiger charge is 2.24. The summed E-state index contributed by atoms with van der Waals surface area (Å²) < 4.78 is 13.5. The van der Waals surface area contributed by atoms with Gasteiger partial charge in [-0.25, -0.2) is 9.37 Å². The Morgan fingerprint density at radius 1 is 1.26 bits per heavy atom. The zero-order valence-corrected chi connectivity index (χ0v) is 16.7. The molecule has 0 spiro atoms. The molecule has 0 radical (unpaired) electrons. The molecule has 3 aromatic rings. The van der Waals surface area contributed by atoms with Gasteiger partial charge in [0.05, 0.1) is 10.7 Å². The second kappa shape index (κ2) is 8.63. The highest BCUT2D eigenvalue weighted by Crippen LogP contribution is 2.32. The summed E-state index contributed by atoms with van der Waals surface area (Å²) in [5.41, 5.74) is 2.23. The molecular weight excluding hydrogens is 383 g/mol. The normalized spacial score (nSPS) is 12.0. The van der Waals surface area contributed by atoms with Gasteiger partial charge in [0, 0.05) is 23.9 Å². The van der Waals surface area contributed by atoms with Gasteiger partial charge in [-0.2, -0.15) is 0 Å². The fourth-order valence-electron chi connectivity index (χ4n) is 2.91. The minimum atomic E-state index is -0.373. The summed E-state index contributed by atoms with van der Waals surface area (Å²) in [6.45, 7) is 2.01. The Morgan fingerprint density at radius 3 is 2.70 bits per heavy atom. The molecule has 1 aromatic heterocycles. The number of anilines is 1. The summed E-state index contributed by atoms with van der Waals surface area (Å²) >= 11 is 7.51. The van der Waals surface area contributed by atoms with Gasteiger partial charge in [-0.05, 0) is 36.6 Å². The van der Waals surface area contributed by atoms with Gasteiger partial charge in [-0.3, -0.25) is 9.69 Å². The molecule has 6 heteroatoms. The SMILES string of the molecule is CC[C@H](Cc1ccccc1)C(=O)N(C)c1nc(-c2cc(F)ccc2Cl)cs1. The summed E-state index contributed by atoms with van der Waals surface area (Å²) in [5, 5.41) is 2.79. The van der Waals surface area contributed by atoms with Crippen LogP contribution < -0.4 is 4.90 Å². The zero-order chi connectivity index (χ0) is 19.4. The maximum Gasteiger partial charge on any atom is 0.231 e. The number of amides is 1. The second-order valence-electron chi connectivity index (χ2n) is 6.33. The third kappa shape index (κ3) is 4.54. The fraction of sp³-hybridized carbons (Fsp3) is 0.238. The third-order valence-electron chi connectivity index (χ3n) is 4.48. The Balaban J connectivity index is 1.79. The van der Waals surface area contributed by atoms with Gasteiger partial charge in [-0.15, -0.1) is 11.3 Å². The Labute approximate surface area is 167 Å². The lowest BCUT2D eigenvalue weighted by atomic mass is 9.96. The Bertz CT molecular complexity index is 929. The molecule has 0 bridgehead atoms. The molecule has 0 unspecified atom stereocenters. The molecule has 0 aliphatic carbocycles. The molecule has 140 valence electrons. The van der Waals surface area contributed by atoms with E-state index in [1.807, 2.05) is 37.3 Å². The van der Waals surface area contributed by atoms with Gasteiger partial charge in [0.1, 0.15) is 5.82 Å². The summed E-state index contributed by atoms with van der Waals surface area (Å²) in [5.74, 6) is -0.475. The maximum atomic E-state index is 13.5. The quantitative estimate of drug-likeness (QED) is 0.519. The van der Waals surface area contributed by atoms with Crippen molar-refractivity contribution in [3.05, 3.63) is 70.3 Å². The van der Waals surface area contributed by atoms with E-state index in [0.717, 1.165) is 12.0 Å². The van der Waals surface area contributed by atoms with Crippen LogP contribution in [0.5, 0.6) is 0 Å². The van der Waals surface area contributed by atoms with Crippen molar-refractivity contribution in [3.63, 3.8) is 0 Å². The average Bonchev–Trinajstić information content (AvgIpc) is 3.17. The van der Waals surface area contributed by atoms with Crippen molar-refractivity contribution in [2.24, 2.45) is 5.92 Å². The zero-order valence-electron chi connectivity index (χ0n) is 15.2. The topological polar surface area (TPSA) is 33.2 Å². The van der Waals surface area contributed by atoms with Crippen LogP contribution in [0.25, 0.3) is 11.3 Å². The first kappa shape index (κ1) is 19.5. The van der Waals surface area contributed by atoms with Crippen molar-refractivity contribution >= 4 is 34.0 Å². The van der Waals surface area contributed by atoms with E-state index in [1.54, 1.807) is 17.3 Å². The summed E-state index contributed by atoms with van der Waals surface area (Å²) in [4.78, 5) is 19.0. The lowest BCUT2D eigenvalue weighted by Crippen LogP contribution is -2.33. The molecule has 0 fully saturated rings. The molecule has 0 aliphatic rings. The number of nitrogens with zero attached hydrogens (tertiary/aromatic N) is 2. The van der Waals surface area contributed by atoms with Gasteiger partial charge in [0.2, 0.25) is 5.91 Å². The predicted octanol–water partition coefficient (Wildman–Crippen LogP) is 5.83. The van der Waals surface area contributed by atoms with Gasteiger partial charge in [0.25, 0.3) is 0 Å². The first-order valence-electron chi connectivity index (χ1n) is 8.72. The van der Waals surface area contributed by atoms with E-state index in [4.69, 9.17) is 11.6 Å². The van der Waals surface area contributed by atoms with Crippen LogP contribution in [0.1, 0.15) is 18.9 Å². The summed E-state index contributed by atoms with van der Waals surface area (Å²) in [6, 6.07) is 14.2. The highest BCUT2D eigenvalue weighted by molar-refractivity contribution is 7.14. The van der Waals surface area contributed by atoms with Gasteiger partial charge in [0.15, 0.2) is 5.13 Å². The van der Waals surface area contributed by atoms with Crippen molar-refractivity contribution in [3.8, 4) is 11.3 Å². The van der Waals surface area contributed by atoms with Crippen molar-refractivity contribution in [2.75, 3.05) is 11.9 Å². The molecule has 0 saturated carbocycles. The lowest BCUT2D eigenvalue weighted by molar-refractivity contribution is -0.122. The molecule has 1 amide bonds. The summed E-state index contributed by atoms with van der Waals surface area (Å²) in [7, 11) is 1.73. The Morgan fingerprint density at radius 2 is 2.00 bits per heavy atom. The number of hydrogen-bond acceptors (Lipinski definition) is 3. The van der Waals surface area contributed by atoms with Crippen molar-refractivity contribution < 1.29 is 9.18 Å². The number of rotatable bonds is 6. The van der Waals surface area contributed by atoms with Crippen LogP contribution >= 0.6 is 22.9 Å². The lowest BCUT2D eigenvalue weighted by Gasteiger charge is -2.21. The third-order valence-corrected chi connectivity index (χ3v) is 5.73. The number of aromatic nitrogens is 1. The monoisotopic (exact) mass is 402 g/mol. The first-order valence-corrected chi connectivity index (χ1v) is 9.97. The standard InChI is InChI=1S/C21H20ClFN2OS/c1-3-15(11-14-7-5-4-6-8-14)20(26)25(2)21-24-19(13-27-21)17-12-16(23)9-10-18(17)22/h4-10,12-13,15H,3,11H2,1-2H3/t15-/m1/s1. The van der Waals surface area contributed by atoms with E-state index >= 15 is 0 Å². The molecule has 0 aliphatic heterocycles. The number of halogens is 2. The van der Waals surface area contributed by atoms with Crippen LogP contribution in [0, 0.1) is 11.7 Å². The fourth-order valence-corrected chi connectivity index (χ4v) is 3.92. The van der Waals surface area contributed by atoms with E-state index in [1.165, 1.54) is 29.5 Å². The van der Waals surface area contributed by atoms with Gasteiger partial charge >= 0.3 is 0 Å². The molecule has 0 N–H and O–H groups in total. The molecule has 3 nitrogen and oxygen atoms in total. The molecule has 2 aromatic carbocycles. The minimum absolute atomic E-state index is 0.0209. The smallest absolute Gasteiger partial charge is 0.231 e. The van der Waals surface area contributed by atoms with Crippen LogP contribution in [0.4, 0.5) is 9.52 Å². The van der Waals surface area contributed by atoms with Crippen LogP contribution in [0.3, 0.4) is 0 Å². The van der Waals surface area contributed by atoms with Crippen LogP contribution in [-0.2, 0) is 11.2 Å². The molecule has 0 saturated heterocycles. The number of carbonyl (C=O) groups excluding carboxylic acids is 1. The Kier molecular flexibility index (Phi) is 6.24. The minimum Gasteiger partial charge on any atom is -0.291 e. The van der Waals surface area contributed by atoms with Crippen molar-refractivity contribution in [1.29, 1.82) is 0 Å². The van der Waals surface area contributed by atoms with Crippen molar-refractivity contribution in [2.45, 2.75) is 19.8 Å². The van der Waals surface area contributed by atoms with E-state index in [2.05, 4.69) is 4.98 Å². The van der Waals surface area contributed by atoms with Crippen LogP contribution in [-0.4, -0.2) is 17.9 Å². The Hall–Kier alpha value is -2.24. The van der Waals surface area contributed by atoms with Crippen LogP contribution in [0.2, 0.25) is 5.02 Å². The van der Waals surface area contributed by atoms with Gasteiger partial charge < -0.3 is 0 Å². The second-order valence-corrected chi connectivity index (χ2v) is 7.58. The number of hydrogen-bond donors (Lipinski definition) is 0. The first-order chi connectivity index (χ1) is 13.0. The van der Waals surface area contributed by atoms with E-state index in [9.17, 15) is 9.18 Å². The van der Waals surface area contributed by atoms with Crippen LogP contribution in [0.15, 0.2) is 53.9 Å². The predicted molar refractivity (Wildman–Crippen MR) is 110 cm³/mol. The molecule has 3 rings (SSSR count). The molecule has 1 heterocycles. The van der Waals surface area contributed by atoms with E-state index in [-0.39, 0.29) is 17.6 Å². The summed E-state index contributed by atoms with van der Waals surface area (Å²) in [6.07, 6.45) is 1.43. The van der Waals surface area contributed by atoms with Gasteiger partial charge in [-0.1, -0.05) is 48.9 Å². The number of carbonyl (C=O) groups is 1. The average molecular weight is 403 g/mol. The number of benzene rings is 2. The highest BCUT2D eigenvalue weighted by atomic mass is 35.5.